The van der Waals surface area contributed by atoms with E-state index in [1.807, 2.05) is 20.0 Å². The van der Waals surface area contributed by atoms with Gasteiger partial charge in [-0.1, -0.05) is 0 Å². The van der Waals surface area contributed by atoms with Crippen molar-refractivity contribution >= 4 is 17.2 Å². The van der Waals surface area contributed by atoms with Crippen molar-refractivity contribution in [2.45, 2.75) is 26.3 Å². The predicted molar refractivity (Wildman–Crippen MR) is 92.6 cm³/mol. The van der Waals surface area contributed by atoms with E-state index in [0.29, 0.717) is 11.6 Å². The number of nitrogens with zero attached hydrogens (tertiary/aromatic N) is 3. The van der Waals surface area contributed by atoms with Crippen LogP contribution in [0.3, 0.4) is 0 Å². The van der Waals surface area contributed by atoms with Gasteiger partial charge in [0.05, 0.1) is 0 Å². The van der Waals surface area contributed by atoms with Crippen LogP contribution in [-0.4, -0.2) is 40.2 Å². The molecule has 1 unspecified atom stereocenters. The molecule has 124 valence electrons. The molecule has 2 aromatic heterocycles. The van der Waals surface area contributed by atoms with Gasteiger partial charge in [-0.15, -0.1) is 0 Å². The second kappa shape index (κ2) is 7.27. The molecular weight excluding hydrogens is 308 g/mol. The van der Waals surface area contributed by atoms with Crippen molar-refractivity contribution in [1.82, 2.24) is 20.0 Å². The van der Waals surface area contributed by atoms with E-state index in [1.165, 1.54) is 18.4 Å². The summed E-state index contributed by atoms with van der Waals surface area (Å²) in [6.07, 6.45) is 2.38. The van der Waals surface area contributed by atoms with Crippen LogP contribution in [0.5, 0.6) is 0 Å². The summed E-state index contributed by atoms with van der Waals surface area (Å²) in [5, 5.41) is 11.6. The Morgan fingerprint density at radius 2 is 2.39 bits per heavy atom. The number of hydrogen-bond acceptors (Lipinski definition) is 4. The number of aryl methyl sites for hydroxylation is 2. The summed E-state index contributed by atoms with van der Waals surface area (Å²) in [6.45, 7) is 5.91. The number of aromatic nitrogens is 2. The zero-order chi connectivity index (χ0) is 16.2. The van der Waals surface area contributed by atoms with Crippen molar-refractivity contribution in [1.29, 1.82) is 0 Å². The summed E-state index contributed by atoms with van der Waals surface area (Å²) in [4.78, 5) is 14.7. The summed E-state index contributed by atoms with van der Waals surface area (Å²) in [6, 6.07) is 4.03. The van der Waals surface area contributed by atoms with Gasteiger partial charge in [0, 0.05) is 32.4 Å². The number of likely N-dealkylation sites (tertiary alicyclic amines) is 1. The third-order valence-electron chi connectivity index (χ3n) is 4.49. The Bertz CT molecular complexity index is 630. The van der Waals surface area contributed by atoms with Crippen LogP contribution in [0.25, 0.3) is 0 Å². The van der Waals surface area contributed by atoms with Crippen molar-refractivity contribution in [2.75, 3.05) is 19.6 Å². The number of hydrogen-bond donors (Lipinski definition) is 1. The normalized spacial score (nSPS) is 19.0. The van der Waals surface area contributed by atoms with Crippen LogP contribution in [0.4, 0.5) is 0 Å². The van der Waals surface area contributed by atoms with Crippen molar-refractivity contribution in [3.63, 3.8) is 0 Å². The van der Waals surface area contributed by atoms with Crippen molar-refractivity contribution < 1.29 is 4.79 Å². The number of piperidine rings is 1. The van der Waals surface area contributed by atoms with Crippen molar-refractivity contribution in [2.24, 2.45) is 13.0 Å². The van der Waals surface area contributed by atoms with E-state index < -0.39 is 0 Å². The second-order valence-electron chi connectivity index (χ2n) is 6.38. The summed E-state index contributed by atoms with van der Waals surface area (Å²) in [5.41, 5.74) is 2.90. The highest BCUT2D eigenvalue weighted by Crippen LogP contribution is 2.19. The monoisotopic (exact) mass is 332 g/mol. The highest BCUT2D eigenvalue weighted by Gasteiger charge is 2.21. The number of nitrogens with one attached hydrogen (secondary N) is 1. The van der Waals surface area contributed by atoms with Gasteiger partial charge in [-0.3, -0.25) is 14.4 Å². The highest BCUT2D eigenvalue weighted by molar-refractivity contribution is 7.07. The van der Waals surface area contributed by atoms with Crippen LogP contribution in [0.2, 0.25) is 0 Å². The van der Waals surface area contributed by atoms with E-state index in [0.717, 1.165) is 31.9 Å². The zero-order valence-corrected chi connectivity index (χ0v) is 14.6. The molecule has 1 N–H and O–H groups in total. The number of carbonyl (C=O) groups is 1. The van der Waals surface area contributed by atoms with Gasteiger partial charge < -0.3 is 5.32 Å². The maximum absolute atomic E-state index is 12.2. The molecule has 0 radical (unpaired) electrons. The molecule has 1 fully saturated rings. The van der Waals surface area contributed by atoms with Crippen molar-refractivity contribution in [3.8, 4) is 0 Å². The van der Waals surface area contributed by atoms with Crippen molar-refractivity contribution in [3.05, 3.63) is 39.8 Å². The van der Waals surface area contributed by atoms with E-state index in [-0.39, 0.29) is 5.91 Å². The molecule has 3 heterocycles. The topological polar surface area (TPSA) is 50.2 Å². The molecule has 3 rings (SSSR count). The first-order valence-corrected chi connectivity index (χ1v) is 9.08. The summed E-state index contributed by atoms with van der Waals surface area (Å²) in [5.74, 6) is 0.458. The van der Waals surface area contributed by atoms with Crippen LogP contribution in [0, 0.1) is 12.8 Å². The smallest absolute Gasteiger partial charge is 0.271 e. The molecule has 0 aliphatic carbocycles. The van der Waals surface area contributed by atoms with Crippen LogP contribution in [-0.2, 0) is 13.6 Å². The molecule has 2 aromatic rings. The zero-order valence-electron chi connectivity index (χ0n) is 13.8. The molecule has 6 heteroatoms. The molecule has 1 aliphatic heterocycles. The van der Waals surface area contributed by atoms with E-state index >= 15 is 0 Å². The molecule has 0 saturated carbocycles. The first kappa shape index (κ1) is 16.2. The van der Waals surface area contributed by atoms with Crippen LogP contribution >= 0.6 is 11.3 Å². The lowest BCUT2D eigenvalue weighted by Crippen LogP contribution is -2.40. The molecule has 0 aromatic carbocycles. The minimum Gasteiger partial charge on any atom is -0.350 e. The van der Waals surface area contributed by atoms with E-state index in [2.05, 4.69) is 32.1 Å². The number of amides is 1. The molecule has 23 heavy (non-hydrogen) atoms. The summed E-state index contributed by atoms with van der Waals surface area (Å²) >= 11 is 1.75. The maximum atomic E-state index is 12.2. The van der Waals surface area contributed by atoms with Gasteiger partial charge >= 0.3 is 0 Å². The number of carbonyl (C=O) groups excluding carboxylic acids is 1. The van der Waals surface area contributed by atoms with Gasteiger partial charge in [0.25, 0.3) is 5.91 Å². The second-order valence-corrected chi connectivity index (χ2v) is 7.16. The maximum Gasteiger partial charge on any atom is 0.271 e. The Kier molecular flexibility index (Phi) is 5.13. The Balaban J connectivity index is 1.48. The minimum absolute atomic E-state index is 0.0661. The Morgan fingerprint density at radius 1 is 1.52 bits per heavy atom. The highest BCUT2D eigenvalue weighted by atomic mass is 32.1. The Morgan fingerprint density at radius 3 is 3.09 bits per heavy atom. The lowest BCUT2D eigenvalue weighted by atomic mass is 9.97. The summed E-state index contributed by atoms with van der Waals surface area (Å²) < 4.78 is 1.73. The van der Waals surface area contributed by atoms with Gasteiger partial charge in [0.15, 0.2) is 0 Å². The van der Waals surface area contributed by atoms with Gasteiger partial charge in [-0.2, -0.15) is 16.4 Å². The van der Waals surface area contributed by atoms with E-state index in [4.69, 9.17) is 0 Å². The lowest BCUT2D eigenvalue weighted by Gasteiger charge is -2.32. The summed E-state index contributed by atoms with van der Waals surface area (Å²) in [7, 11) is 1.86. The number of thiophene rings is 1. The van der Waals surface area contributed by atoms with E-state index in [9.17, 15) is 4.79 Å². The lowest BCUT2D eigenvalue weighted by molar-refractivity contribution is 0.0925. The molecule has 1 amide bonds. The molecular formula is C17H24N4OS. The fourth-order valence-corrected chi connectivity index (χ4v) is 3.76. The fourth-order valence-electron chi connectivity index (χ4n) is 3.10. The molecule has 1 atom stereocenters. The van der Waals surface area contributed by atoms with Crippen LogP contribution < -0.4 is 5.32 Å². The van der Waals surface area contributed by atoms with Crippen LogP contribution in [0.1, 0.15) is 34.6 Å². The van der Waals surface area contributed by atoms with Crippen LogP contribution in [0.15, 0.2) is 22.9 Å². The minimum atomic E-state index is -0.0661. The third-order valence-corrected chi connectivity index (χ3v) is 5.22. The first-order chi connectivity index (χ1) is 11.1. The van der Waals surface area contributed by atoms with Gasteiger partial charge in [0.2, 0.25) is 0 Å². The molecule has 5 nitrogen and oxygen atoms in total. The Labute approximate surface area is 141 Å². The standard InChI is InChI=1S/C17H24N4OS/c1-13-8-16(19-20(13)2)17(22)18-9-14-4-3-6-21(10-14)11-15-5-7-23-12-15/h5,7-8,12,14H,3-4,6,9-11H2,1-2H3,(H,18,22). The third kappa shape index (κ3) is 4.20. The largest absolute Gasteiger partial charge is 0.350 e. The number of rotatable bonds is 5. The predicted octanol–water partition coefficient (Wildman–Crippen LogP) is 2.43. The molecule has 1 saturated heterocycles. The molecule has 0 spiro atoms. The first-order valence-electron chi connectivity index (χ1n) is 8.14. The quantitative estimate of drug-likeness (QED) is 0.915. The van der Waals surface area contributed by atoms with Gasteiger partial charge in [-0.05, 0) is 60.7 Å². The van der Waals surface area contributed by atoms with Gasteiger partial charge in [-0.25, -0.2) is 0 Å². The van der Waals surface area contributed by atoms with Gasteiger partial charge in [0.1, 0.15) is 5.69 Å². The average molecular weight is 332 g/mol. The Hall–Kier alpha value is -1.66. The molecule has 1 aliphatic rings. The SMILES string of the molecule is Cc1cc(C(=O)NCC2CCCN(Cc3ccsc3)C2)nn1C. The van der Waals surface area contributed by atoms with E-state index in [1.54, 1.807) is 16.0 Å². The average Bonchev–Trinajstić information content (AvgIpc) is 3.16. The fraction of sp³-hybridized carbons (Fsp3) is 0.529. The molecule has 0 bridgehead atoms.